The van der Waals surface area contributed by atoms with E-state index in [4.69, 9.17) is 4.74 Å². The maximum atomic E-state index is 14.3. The summed E-state index contributed by atoms with van der Waals surface area (Å²) in [7, 11) is 0. The molecule has 0 atom stereocenters. The second-order valence-electron chi connectivity index (χ2n) is 5.74. The fraction of sp³-hybridized carbons (Fsp3) is 0.647. The zero-order chi connectivity index (χ0) is 15.4. The van der Waals surface area contributed by atoms with E-state index >= 15 is 0 Å². The van der Waals surface area contributed by atoms with Crippen LogP contribution < -0.4 is 4.74 Å². The lowest BCUT2D eigenvalue weighted by Gasteiger charge is -2.29. The monoisotopic (exact) mass is 300 g/mol. The summed E-state index contributed by atoms with van der Waals surface area (Å²) in [4.78, 5) is 0. The van der Waals surface area contributed by atoms with Crippen LogP contribution in [0.15, 0.2) is 12.1 Å². The fourth-order valence-corrected chi connectivity index (χ4v) is 3.31. The fourth-order valence-electron chi connectivity index (χ4n) is 3.31. The molecule has 4 heteroatoms. The van der Waals surface area contributed by atoms with Crippen molar-refractivity contribution in [1.29, 1.82) is 0 Å². The van der Waals surface area contributed by atoms with Crippen LogP contribution in [0.1, 0.15) is 69.4 Å². The lowest BCUT2D eigenvalue weighted by Crippen LogP contribution is -2.15. The van der Waals surface area contributed by atoms with Gasteiger partial charge in [0.05, 0.1) is 12.2 Å². The minimum atomic E-state index is -2.80. The first kappa shape index (κ1) is 16.2. The molecule has 0 aliphatic heterocycles. The van der Waals surface area contributed by atoms with Gasteiger partial charge in [0, 0.05) is 0 Å². The molecule has 21 heavy (non-hydrogen) atoms. The van der Waals surface area contributed by atoms with Crippen molar-refractivity contribution >= 4 is 0 Å². The van der Waals surface area contributed by atoms with Crippen molar-refractivity contribution in [1.82, 2.24) is 0 Å². The van der Waals surface area contributed by atoms with Crippen LogP contribution in [0.2, 0.25) is 0 Å². The molecule has 1 aliphatic carbocycles. The van der Waals surface area contributed by atoms with E-state index in [2.05, 4.69) is 6.92 Å². The predicted octanol–water partition coefficient (Wildman–Crippen LogP) is 5.85. The van der Waals surface area contributed by atoms with Crippen molar-refractivity contribution in [2.75, 3.05) is 6.61 Å². The molecule has 0 amide bonds. The summed E-state index contributed by atoms with van der Waals surface area (Å²) in [6.45, 7) is 4.13. The van der Waals surface area contributed by atoms with Crippen molar-refractivity contribution in [2.24, 2.45) is 5.92 Å². The van der Waals surface area contributed by atoms with Crippen LogP contribution in [0.3, 0.4) is 0 Å². The lowest BCUT2D eigenvalue weighted by molar-refractivity contribution is 0.142. The Morgan fingerprint density at radius 3 is 2.33 bits per heavy atom. The van der Waals surface area contributed by atoms with E-state index in [1.165, 1.54) is 6.07 Å². The molecule has 1 fully saturated rings. The number of hydrogen-bond acceptors (Lipinski definition) is 1. The molecule has 2 rings (SSSR count). The Hall–Kier alpha value is -1.19. The summed E-state index contributed by atoms with van der Waals surface area (Å²) in [6.07, 6.45) is 2.14. The van der Waals surface area contributed by atoms with Gasteiger partial charge in [-0.15, -0.1) is 0 Å². The SMILES string of the molecule is CCOc1ccc(C2CCC(CC)CC2)c(C(F)F)c1F. The Kier molecular flexibility index (Phi) is 5.54. The van der Waals surface area contributed by atoms with Gasteiger partial charge >= 0.3 is 0 Å². The Balaban J connectivity index is 2.29. The molecule has 0 bridgehead atoms. The van der Waals surface area contributed by atoms with Crippen molar-refractivity contribution in [3.05, 3.63) is 29.1 Å². The third kappa shape index (κ3) is 3.53. The largest absolute Gasteiger partial charge is 0.491 e. The molecule has 0 unspecified atom stereocenters. The van der Waals surface area contributed by atoms with Crippen LogP contribution in [-0.2, 0) is 0 Å². The highest BCUT2D eigenvalue weighted by Crippen LogP contribution is 2.42. The molecular formula is C17H23F3O. The Labute approximate surface area is 124 Å². The average molecular weight is 300 g/mol. The Bertz CT molecular complexity index is 465. The highest BCUT2D eigenvalue weighted by Gasteiger charge is 2.29. The third-order valence-electron chi connectivity index (χ3n) is 4.56. The van der Waals surface area contributed by atoms with Gasteiger partial charge in [-0.2, -0.15) is 0 Å². The van der Waals surface area contributed by atoms with Crippen LogP contribution in [0.5, 0.6) is 5.75 Å². The summed E-state index contributed by atoms with van der Waals surface area (Å²) in [5, 5.41) is 0. The summed E-state index contributed by atoms with van der Waals surface area (Å²) in [6, 6.07) is 3.12. The highest BCUT2D eigenvalue weighted by atomic mass is 19.3. The lowest BCUT2D eigenvalue weighted by atomic mass is 9.76. The maximum Gasteiger partial charge on any atom is 0.267 e. The zero-order valence-corrected chi connectivity index (χ0v) is 12.7. The minimum absolute atomic E-state index is 0.0435. The maximum absolute atomic E-state index is 14.3. The zero-order valence-electron chi connectivity index (χ0n) is 12.7. The van der Waals surface area contributed by atoms with Gasteiger partial charge in [0.2, 0.25) is 0 Å². The number of alkyl halides is 2. The van der Waals surface area contributed by atoms with E-state index in [0.29, 0.717) is 11.5 Å². The van der Waals surface area contributed by atoms with E-state index in [9.17, 15) is 13.2 Å². The van der Waals surface area contributed by atoms with Crippen LogP contribution in [0, 0.1) is 11.7 Å². The second kappa shape index (κ2) is 7.19. The molecule has 0 saturated heterocycles. The first-order chi connectivity index (χ1) is 10.1. The molecule has 1 aromatic rings. The van der Waals surface area contributed by atoms with E-state index in [0.717, 1.165) is 32.1 Å². The van der Waals surface area contributed by atoms with Crippen LogP contribution in [-0.4, -0.2) is 6.61 Å². The molecule has 0 aromatic heterocycles. The van der Waals surface area contributed by atoms with Gasteiger partial charge in [-0.3, -0.25) is 0 Å². The molecule has 1 aliphatic rings. The van der Waals surface area contributed by atoms with Gasteiger partial charge < -0.3 is 4.74 Å². The Morgan fingerprint density at radius 1 is 1.14 bits per heavy atom. The van der Waals surface area contributed by atoms with Crippen molar-refractivity contribution in [2.45, 2.75) is 58.3 Å². The molecule has 118 valence electrons. The second-order valence-corrected chi connectivity index (χ2v) is 5.74. The van der Waals surface area contributed by atoms with Gasteiger partial charge in [-0.05, 0) is 56.1 Å². The average Bonchev–Trinajstić information content (AvgIpc) is 2.49. The van der Waals surface area contributed by atoms with E-state index < -0.39 is 17.8 Å². The van der Waals surface area contributed by atoms with E-state index in [1.54, 1.807) is 13.0 Å². The van der Waals surface area contributed by atoms with E-state index in [1.807, 2.05) is 0 Å². The Morgan fingerprint density at radius 2 is 1.81 bits per heavy atom. The first-order valence-electron chi connectivity index (χ1n) is 7.81. The smallest absolute Gasteiger partial charge is 0.267 e. The molecule has 1 saturated carbocycles. The van der Waals surface area contributed by atoms with Crippen LogP contribution in [0.25, 0.3) is 0 Å². The molecule has 0 spiro atoms. The van der Waals surface area contributed by atoms with Gasteiger partial charge in [0.1, 0.15) is 0 Å². The van der Waals surface area contributed by atoms with Crippen LogP contribution >= 0.6 is 0 Å². The van der Waals surface area contributed by atoms with Gasteiger partial charge in [-0.25, -0.2) is 13.2 Å². The molecule has 0 heterocycles. The topological polar surface area (TPSA) is 9.23 Å². The number of hydrogen-bond donors (Lipinski definition) is 0. The third-order valence-corrected chi connectivity index (χ3v) is 4.56. The van der Waals surface area contributed by atoms with Gasteiger partial charge in [-0.1, -0.05) is 19.4 Å². The summed E-state index contributed by atoms with van der Waals surface area (Å²) >= 11 is 0. The number of rotatable bonds is 5. The number of halogens is 3. The molecular weight excluding hydrogens is 277 g/mol. The van der Waals surface area contributed by atoms with Gasteiger partial charge in [0.25, 0.3) is 6.43 Å². The van der Waals surface area contributed by atoms with Crippen molar-refractivity contribution < 1.29 is 17.9 Å². The molecule has 1 nitrogen and oxygen atoms in total. The highest BCUT2D eigenvalue weighted by molar-refractivity contribution is 5.40. The molecule has 0 N–H and O–H groups in total. The summed E-state index contributed by atoms with van der Waals surface area (Å²) < 4.78 is 46.0. The first-order valence-corrected chi connectivity index (χ1v) is 7.81. The van der Waals surface area contributed by atoms with Crippen LogP contribution in [0.4, 0.5) is 13.2 Å². The van der Waals surface area contributed by atoms with E-state index in [-0.39, 0.29) is 18.3 Å². The predicted molar refractivity (Wildman–Crippen MR) is 77.5 cm³/mol. The molecule has 1 aromatic carbocycles. The molecule has 0 radical (unpaired) electrons. The quantitative estimate of drug-likeness (QED) is 0.663. The summed E-state index contributed by atoms with van der Waals surface area (Å²) in [5.41, 5.74) is 0.0152. The number of ether oxygens (including phenoxy) is 1. The van der Waals surface area contributed by atoms with Gasteiger partial charge in [0.15, 0.2) is 11.6 Å². The summed E-state index contributed by atoms with van der Waals surface area (Å²) in [5.74, 6) is -0.230. The normalized spacial score (nSPS) is 22.6. The minimum Gasteiger partial charge on any atom is -0.491 e. The van der Waals surface area contributed by atoms with Crippen molar-refractivity contribution in [3.63, 3.8) is 0 Å². The van der Waals surface area contributed by atoms with Crippen molar-refractivity contribution in [3.8, 4) is 5.75 Å². The number of benzene rings is 1. The standard InChI is InChI=1S/C17H23F3O/c1-3-11-5-7-12(8-6-11)13-9-10-14(21-4-2)16(18)15(13)17(19)20/h9-12,17H,3-8H2,1-2H3.